The number of ether oxygens (including phenoxy) is 1. The summed E-state index contributed by atoms with van der Waals surface area (Å²) in [6.45, 7) is 4.07. The van der Waals surface area contributed by atoms with Gasteiger partial charge in [0, 0.05) is 17.2 Å². The Morgan fingerprint density at radius 3 is 2.74 bits per heavy atom. The fourth-order valence-corrected chi connectivity index (χ4v) is 4.77. The zero-order valence-corrected chi connectivity index (χ0v) is 17.9. The Morgan fingerprint density at radius 1 is 1.29 bits per heavy atom. The fourth-order valence-electron chi connectivity index (χ4n) is 4.77. The molecule has 8 heteroatoms. The van der Waals surface area contributed by atoms with Crippen molar-refractivity contribution < 1.29 is 9.53 Å². The molecule has 2 aliphatic rings. The van der Waals surface area contributed by atoms with E-state index in [0.29, 0.717) is 23.6 Å². The SMILES string of the molecule is CC1(C)Cc2c(ccc(OC3CCC(N)CC3)c2C(=O)NCC#N)-c2ncnc(N)c21. The number of nitriles is 1. The summed E-state index contributed by atoms with van der Waals surface area (Å²) in [5, 5.41) is 11.6. The molecule has 0 saturated heterocycles. The van der Waals surface area contributed by atoms with Gasteiger partial charge in [0.1, 0.15) is 24.4 Å². The molecule has 1 fully saturated rings. The maximum Gasteiger partial charge on any atom is 0.256 e. The second-order valence-electron chi connectivity index (χ2n) is 9.00. The van der Waals surface area contributed by atoms with Gasteiger partial charge in [0.2, 0.25) is 0 Å². The molecule has 0 unspecified atom stereocenters. The zero-order chi connectivity index (χ0) is 22.2. The first-order valence-corrected chi connectivity index (χ1v) is 10.7. The van der Waals surface area contributed by atoms with Gasteiger partial charge in [0.25, 0.3) is 5.91 Å². The van der Waals surface area contributed by atoms with Crippen molar-refractivity contribution in [1.82, 2.24) is 15.3 Å². The molecular formula is C23H28N6O2. The van der Waals surface area contributed by atoms with E-state index in [2.05, 4.69) is 29.1 Å². The van der Waals surface area contributed by atoms with Gasteiger partial charge in [-0.1, -0.05) is 13.8 Å². The van der Waals surface area contributed by atoms with Crippen molar-refractivity contribution in [3.8, 4) is 23.1 Å². The normalized spacial score (nSPS) is 21.4. The molecule has 1 saturated carbocycles. The van der Waals surface area contributed by atoms with Crippen molar-refractivity contribution in [2.75, 3.05) is 12.3 Å². The van der Waals surface area contributed by atoms with Gasteiger partial charge < -0.3 is 21.5 Å². The van der Waals surface area contributed by atoms with Crippen LogP contribution in [0.2, 0.25) is 0 Å². The first kappa shape index (κ1) is 21.1. The average molecular weight is 421 g/mol. The Hall–Kier alpha value is -3.18. The van der Waals surface area contributed by atoms with Crippen LogP contribution in [-0.2, 0) is 11.8 Å². The van der Waals surface area contributed by atoms with E-state index in [9.17, 15) is 4.79 Å². The Labute approximate surface area is 182 Å². The number of nitrogens with zero attached hydrogens (tertiary/aromatic N) is 3. The van der Waals surface area contributed by atoms with Crippen LogP contribution in [0.1, 0.15) is 61.0 Å². The highest BCUT2D eigenvalue weighted by molar-refractivity contribution is 6.01. The minimum atomic E-state index is -0.367. The van der Waals surface area contributed by atoms with Gasteiger partial charge >= 0.3 is 0 Å². The van der Waals surface area contributed by atoms with Crippen LogP contribution in [0.15, 0.2) is 18.5 Å². The van der Waals surface area contributed by atoms with Crippen molar-refractivity contribution in [3.63, 3.8) is 0 Å². The predicted molar refractivity (Wildman–Crippen MR) is 117 cm³/mol. The highest BCUT2D eigenvalue weighted by Gasteiger charge is 2.38. The number of benzene rings is 1. The lowest BCUT2D eigenvalue weighted by Crippen LogP contribution is -2.34. The van der Waals surface area contributed by atoms with Crippen LogP contribution < -0.4 is 21.5 Å². The highest BCUT2D eigenvalue weighted by atomic mass is 16.5. The van der Waals surface area contributed by atoms with Crippen LogP contribution in [0.4, 0.5) is 5.82 Å². The number of carbonyl (C=O) groups is 1. The molecule has 1 aromatic carbocycles. The first-order chi connectivity index (χ1) is 14.8. The number of nitrogens with two attached hydrogens (primary N) is 2. The average Bonchev–Trinajstić information content (AvgIpc) is 2.73. The van der Waals surface area contributed by atoms with Crippen LogP contribution in [0.25, 0.3) is 11.3 Å². The molecule has 8 nitrogen and oxygen atoms in total. The second-order valence-corrected chi connectivity index (χ2v) is 9.00. The van der Waals surface area contributed by atoms with E-state index in [0.717, 1.165) is 48.1 Å². The second kappa shape index (κ2) is 8.16. The molecule has 4 rings (SSSR count). The standard InChI is InChI=1S/C23H28N6O2/c1-23(2)11-16-15(20-19(23)21(26)29-12-28-20)7-8-17(18(16)22(30)27-10-9-24)31-14-5-3-13(25)4-6-14/h7-8,12-14H,3-6,10-11,25H2,1-2H3,(H,27,30)(H2,26,28,29). The maximum absolute atomic E-state index is 13.2. The lowest BCUT2D eigenvalue weighted by atomic mass is 9.70. The summed E-state index contributed by atoms with van der Waals surface area (Å²) < 4.78 is 6.33. The molecule has 0 aliphatic heterocycles. The molecule has 0 atom stereocenters. The number of hydrogen-bond donors (Lipinski definition) is 3. The van der Waals surface area contributed by atoms with Crippen LogP contribution in [0, 0.1) is 11.3 Å². The maximum atomic E-state index is 13.2. The van der Waals surface area contributed by atoms with Gasteiger partial charge in [-0.25, -0.2) is 9.97 Å². The highest BCUT2D eigenvalue weighted by Crippen LogP contribution is 2.46. The van der Waals surface area contributed by atoms with Crippen molar-refractivity contribution in [1.29, 1.82) is 5.26 Å². The first-order valence-electron chi connectivity index (χ1n) is 10.7. The summed E-state index contributed by atoms with van der Waals surface area (Å²) in [6.07, 6.45) is 5.57. The van der Waals surface area contributed by atoms with Gasteiger partial charge in [-0.15, -0.1) is 0 Å². The predicted octanol–water partition coefficient (Wildman–Crippen LogP) is 2.46. The van der Waals surface area contributed by atoms with E-state index in [1.54, 1.807) is 0 Å². The Morgan fingerprint density at radius 2 is 2.03 bits per heavy atom. The number of hydrogen-bond acceptors (Lipinski definition) is 7. The molecule has 0 spiro atoms. The lowest BCUT2D eigenvalue weighted by Gasteiger charge is -2.35. The Kier molecular flexibility index (Phi) is 5.54. The van der Waals surface area contributed by atoms with Gasteiger partial charge in [0.15, 0.2) is 0 Å². The molecule has 1 heterocycles. The van der Waals surface area contributed by atoms with Gasteiger partial charge in [-0.05, 0) is 55.2 Å². The monoisotopic (exact) mass is 420 g/mol. The van der Waals surface area contributed by atoms with Crippen LogP contribution >= 0.6 is 0 Å². The van der Waals surface area contributed by atoms with E-state index in [1.165, 1.54) is 6.33 Å². The molecule has 31 heavy (non-hydrogen) atoms. The molecule has 5 N–H and O–H groups in total. The van der Waals surface area contributed by atoms with E-state index in [1.807, 2.05) is 18.2 Å². The van der Waals surface area contributed by atoms with Gasteiger partial charge in [0.05, 0.1) is 23.4 Å². The number of amides is 1. The van der Waals surface area contributed by atoms with E-state index in [-0.39, 0.29) is 30.0 Å². The third-order valence-electron chi connectivity index (χ3n) is 6.27. The number of rotatable bonds is 4. The molecule has 1 amide bonds. The van der Waals surface area contributed by atoms with E-state index < -0.39 is 0 Å². The summed E-state index contributed by atoms with van der Waals surface area (Å²) in [6, 6.07) is 5.96. The molecule has 2 aromatic rings. The minimum absolute atomic E-state index is 0.0159. The zero-order valence-electron chi connectivity index (χ0n) is 17.9. The minimum Gasteiger partial charge on any atom is -0.490 e. The summed E-state index contributed by atoms with van der Waals surface area (Å²) >= 11 is 0. The van der Waals surface area contributed by atoms with Gasteiger partial charge in [-0.3, -0.25) is 4.79 Å². The molecule has 1 aromatic heterocycles. The topological polar surface area (TPSA) is 140 Å². The number of anilines is 1. The van der Waals surface area contributed by atoms with Crippen molar-refractivity contribution in [3.05, 3.63) is 35.2 Å². The van der Waals surface area contributed by atoms with Crippen molar-refractivity contribution in [2.45, 2.75) is 63.5 Å². The summed E-state index contributed by atoms with van der Waals surface area (Å²) in [7, 11) is 0. The van der Waals surface area contributed by atoms with Crippen molar-refractivity contribution >= 4 is 11.7 Å². The third kappa shape index (κ3) is 3.93. The van der Waals surface area contributed by atoms with Crippen molar-refractivity contribution in [2.24, 2.45) is 5.73 Å². The molecule has 162 valence electrons. The molecule has 0 radical (unpaired) electrons. The number of carbonyl (C=O) groups excluding carboxylic acids is 1. The molecular weight excluding hydrogens is 392 g/mol. The number of nitrogens with one attached hydrogen (secondary N) is 1. The number of nitrogen functional groups attached to an aromatic ring is 1. The van der Waals surface area contributed by atoms with E-state index in [4.69, 9.17) is 21.5 Å². The molecule has 2 aliphatic carbocycles. The van der Waals surface area contributed by atoms with E-state index >= 15 is 0 Å². The smallest absolute Gasteiger partial charge is 0.256 e. The summed E-state index contributed by atoms with van der Waals surface area (Å²) in [5.74, 6) is 0.674. The third-order valence-corrected chi connectivity index (χ3v) is 6.27. The number of aromatic nitrogens is 2. The van der Waals surface area contributed by atoms with Crippen LogP contribution in [-0.4, -0.2) is 34.6 Å². The van der Waals surface area contributed by atoms with Crippen LogP contribution in [0.5, 0.6) is 5.75 Å². The quantitative estimate of drug-likeness (QED) is 0.645. The lowest BCUT2D eigenvalue weighted by molar-refractivity contribution is 0.0943. The molecule has 0 bridgehead atoms. The Balaban J connectivity index is 1.82. The summed E-state index contributed by atoms with van der Waals surface area (Å²) in [4.78, 5) is 21.8. The van der Waals surface area contributed by atoms with Crippen LogP contribution in [0.3, 0.4) is 0 Å². The largest absolute Gasteiger partial charge is 0.490 e. The summed E-state index contributed by atoms with van der Waals surface area (Å²) in [5.41, 5.74) is 15.7. The number of fused-ring (bicyclic) bond motifs is 3. The Bertz CT molecular complexity index is 1050. The van der Waals surface area contributed by atoms with Gasteiger partial charge in [-0.2, -0.15) is 5.26 Å². The fraction of sp³-hybridized carbons (Fsp3) is 0.478.